The van der Waals surface area contributed by atoms with E-state index in [1.165, 1.54) is 0 Å². The van der Waals surface area contributed by atoms with Gasteiger partial charge in [-0.2, -0.15) is 0 Å². The maximum Gasteiger partial charge on any atom is 0.180 e. The molecule has 20 heavy (non-hydrogen) atoms. The average molecular weight is 302 g/mol. The molecule has 1 rings (SSSR count). The lowest BCUT2D eigenvalue weighted by Gasteiger charge is -2.07. The highest BCUT2D eigenvalue weighted by Crippen LogP contribution is 2.11. The quantitative estimate of drug-likeness (QED) is 0.612. The van der Waals surface area contributed by atoms with Gasteiger partial charge in [0.15, 0.2) is 9.84 Å². The van der Waals surface area contributed by atoms with E-state index < -0.39 is 9.84 Å². The number of sulfone groups is 1. The summed E-state index contributed by atoms with van der Waals surface area (Å²) < 4.78 is 39.3. The number of hydrogen-bond donors (Lipinski definition) is 0. The van der Waals surface area contributed by atoms with Gasteiger partial charge in [-0.05, 0) is 19.1 Å². The smallest absolute Gasteiger partial charge is 0.180 e. The van der Waals surface area contributed by atoms with Crippen molar-refractivity contribution < 1.29 is 22.6 Å². The standard InChI is InChI=1S/C14H22O5S/c1-13-3-5-14(6-4-13)20(15,16)12-11-19-10-9-18-8-7-17-2/h3-6H,7-12H2,1-2H3. The number of methoxy groups -OCH3 is 1. The number of rotatable bonds is 10. The van der Waals surface area contributed by atoms with E-state index in [1.54, 1.807) is 31.4 Å². The Balaban J connectivity index is 2.22. The average Bonchev–Trinajstić information content (AvgIpc) is 2.42. The molecule has 0 aliphatic carbocycles. The highest BCUT2D eigenvalue weighted by Gasteiger charge is 2.13. The van der Waals surface area contributed by atoms with E-state index in [1.807, 2.05) is 6.92 Å². The van der Waals surface area contributed by atoms with Gasteiger partial charge in [0.2, 0.25) is 0 Å². The Morgan fingerprint density at radius 3 is 2.05 bits per heavy atom. The van der Waals surface area contributed by atoms with Gasteiger partial charge in [0, 0.05) is 7.11 Å². The van der Waals surface area contributed by atoms with Gasteiger partial charge < -0.3 is 14.2 Å². The zero-order chi connectivity index (χ0) is 14.8. The molecule has 6 heteroatoms. The third-order valence-corrected chi connectivity index (χ3v) is 4.37. The normalized spacial score (nSPS) is 11.7. The summed E-state index contributed by atoms with van der Waals surface area (Å²) in [5, 5.41) is 0. The fraction of sp³-hybridized carbons (Fsp3) is 0.571. The van der Waals surface area contributed by atoms with Crippen LogP contribution in [-0.2, 0) is 24.0 Å². The molecule has 0 spiro atoms. The monoisotopic (exact) mass is 302 g/mol. The van der Waals surface area contributed by atoms with Gasteiger partial charge >= 0.3 is 0 Å². The van der Waals surface area contributed by atoms with Gasteiger partial charge in [-0.15, -0.1) is 0 Å². The number of hydrogen-bond acceptors (Lipinski definition) is 5. The van der Waals surface area contributed by atoms with Crippen LogP contribution >= 0.6 is 0 Å². The second-order valence-corrected chi connectivity index (χ2v) is 6.46. The molecule has 1 aromatic carbocycles. The molecular formula is C14H22O5S. The third-order valence-electron chi connectivity index (χ3n) is 2.68. The summed E-state index contributed by atoms with van der Waals surface area (Å²) >= 11 is 0. The Morgan fingerprint density at radius 2 is 1.45 bits per heavy atom. The van der Waals surface area contributed by atoms with Crippen molar-refractivity contribution >= 4 is 9.84 Å². The van der Waals surface area contributed by atoms with Gasteiger partial charge in [-0.25, -0.2) is 8.42 Å². The molecule has 0 amide bonds. The van der Waals surface area contributed by atoms with Crippen LogP contribution in [0.4, 0.5) is 0 Å². The Kier molecular flexibility index (Phi) is 7.76. The summed E-state index contributed by atoms with van der Waals surface area (Å²) in [6, 6.07) is 6.83. The topological polar surface area (TPSA) is 61.8 Å². The number of benzene rings is 1. The van der Waals surface area contributed by atoms with Crippen molar-refractivity contribution in [2.24, 2.45) is 0 Å². The van der Waals surface area contributed by atoms with E-state index in [9.17, 15) is 8.42 Å². The van der Waals surface area contributed by atoms with Crippen molar-refractivity contribution in [3.05, 3.63) is 29.8 Å². The molecule has 0 bridgehead atoms. The van der Waals surface area contributed by atoms with Gasteiger partial charge in [0.05, 0.1) is 43.7 Å². The van der Waals surface area contributed by atoms with Crippen molar-refractivity contribution in [2.75, 3.05) is 45.9 Å². The second kappa shape index (κ2) is 9.07. The minimum Gasteiger partial charge on any atom is -0.382 e. The van der Waals surface area contributed by atoms with E-state index in [0.29, 0.717) is 31.3 Å². The molecule has 1 aromatic rings. The maximum absolute atomic E-state index is 12.0. The predicted molar refractivity (Wildman–Crippen MR) is 76.7 cm³/mol. The zero-order valence-electron chi connectivity index (χ0n) is 12.0. The summed E-state index contributed by atoms with van der Waals surface area (Å²) in [6.45, 7) is 3.97. The van der Waals surface area contributed by atoms with Crippen LogP contribution in [-0.4, -0.2) is 54.3 Å². The van der Waals surface area contributed by atoms with E-state index >= 15 is 0 Å². The molecule has 0 radical (unpaired) electrons. The first-order valence-corrected chi connectivity index (χ1v) is 8.15. The number of aryl methyl sites for hydroxylation is 1. The Hall–Kier alpha value is -0.950. The highest BCUT2D eigenvalue weighted by atomic mass is 32.2. The van der Waals surface area contributed by atoms with Crippen LogP contribution in [0.25, 0.3) is 0 Å². The first kappa shape index (κ1) is 17.1. The van der Waals surface area contributed by atoms with Crippen LogP contribution < -0.4 is 0 Å². The van der Waals surface area contributed by atoms with E-state index in [2.05, 4.69) is 0 Å². The Bertz CT molecular complexity index is 467. The van der Waals surface area contributed by atoms with Crippen LogP contribution in [0.2, 0.25) is 0 Å². The molecule has 5 nitrogen and oxygen atoms in total. The molecule has 0 aromatic heterocycles. The summed E-state index contributed by atoms with van der Waals surface area (Å²) in [7, 11) is -1.66. The summed E-state index contributed by atoms with van der Waals surface area (Å²) in [6.07, 6.45) is 0. The zero-order valence-corrected chi connectivity index (χ0v) is 12.8. The van der Waals surface area contributed by atoms with Crippen molar-refractivity contribution in [3.63, 3.8) is 0 Å². The van der Waals surface area contributed by atoms with E-state index in [0.717, 1.165) is 5.56 Å². The van der Waals surface area contributed by atoms with Gasteiger partial charge in [0.1, 0.15) is 0 Å². The summed E-state index contributed by atoms with van der Waals surface area (Å²) in [5.41, 5.74) is 1.04. The minimum atomic E-state index is -3.26. The van der Waals surface area contributed by atoms with Crippen LogP contribution in [0.3, 0.4) is 0 Å². The number of ether oxygens (including phenoxy) is 3. The largest absolute Gasteiger partial charge is 0.382 e. The molecular weight excluding hydrogens is 280 g/mol. The fourth-order valence-corrected chi connectivity index (χ4v) is 2.62. The van der Waals surface area contributed by atoms with E-state index in [-0.39, 0.29) is 12.4 Å². The predicted octanol–water partition coefficient (Wildman–Crippen LogP) is 1.45. The SMILES string of the molecule is COCCOCCOCCS(=O)(=O)c1ccc(C)cc1. The molecule has 0 fully saturated rings. The lowest BCUT2D eigenvalue weighted by atomic mass is 10.2. The van der Waals surface area contributed by atoms with Crippen LogP contribution in [0.15, 0.2) is 29.2 Å². The molecule has 0 N–H and O–H groups in total. The molecule has 0 aliphatic rings. The molecule has 0 saturated carbocycles. The van der Waals surface area contributed by atoms with Crippen molar-refractivity contribution in [1.82, 2.24) is 0 Å². The van der Waals surface area contributed by atoms with Gasteiger partial charge in [-0.1, -0.05) is 17.7 Å². The van der Waals surface area contributed by atoms with Crippen molar-refractivity contribution in [1.29, 1.82) is 0 Å². The maximum atomic E-state index is 12.0. The van der Waals surface area contributed by atoms with Crippen LogP contribution in [0.1, 0.15) is 5.56 Å². The van der Waals surface area contributed by atoms with Crippen molar-refractivity contribution in [3.8, 4) is 0 Å². The summed E-state index contributed by atoms with van der Waals surface area (Å²) in [4.78, 5) is 0.336. The third kappa shape index (κ3) is 6.47. The Morgan fingerprint density at radius 1 is 0.900 bits per heavy atom. The first-order valence-electron chi connectivity index (χ1n) is 6.50. The molecule has 0 saturated heterocycles. The molecule has 0 heterocycles. The molecule has 114 valence electrons. The van der Waals surface area contributed by atoms with Gasteiger partial charge in [-0.3, -0.25) is 0 Å². The summed E-state index contributed by atoms with van der Waals surface area (Å²) in [5.74, 6) is -0.0197. The van der Waals surface area contributed by atoms with Crippen molar-refractivity contribution in [2.45, 2.75) is 11.8 Å². The molecule has 0 aliphatic heterocycles. The first-order chi connectivity index (χ1) is 9.56. The van der Waals surface area contributed by atoms with E-state index in [4.69, 9.17) is 14.2 Å². The van der Waals surface area contributed by atoms with Crippen LogP contribution in [0, 0.1) is 6.92 Å². The van der Waals surface area contributed by atoms with Gasteiger partial charge in [0.25, 0.3) is 0 Å². The lowest BCUT2D eigenvalue weighted by molar-refractivity contribution is 0.0284. The molecule has 0 atom stereocenters. The molecule has 0 unspecified atom stereocenters. The highest BCUT2D eigenvalue weighted by molar-refractivity contribution is 7.91. The fourth-order valence-electron chi connectivity index (χ4n) is 1.50. The lowest BCUT2D eigenvalue weighted by Crippen LogP contribution is -2.15. The minimum absolute atomic E-state index is 0.0197. The van der Waals surface area contributed by atoms with Crippen LogP contribution in [0.5, 0.6) is 0 Å². The second-order valence-electron chi connectivity index (χ2n) is 4.35. The Labute approximate surface area is 120 Å².